The first-order valence-corrected chi connectivity index (χ1v) is 8.42. The predicted octanol–water partition coefficient (Wildman–Crippen LogP) is 3.55. The fraction of sp³-hybridized carbons (Fsp3) is 0.300. The van der Waals surface area contributed by atoms with Gasteiger partial charge in [0.25, 0.3) is 0 Å². The van der Waals surface area contributed by atoms with Crippen molar-refractivity contribution < 1.29 is 19.1 Å². The highest BCUT2D eigenvalue weighted by Crippen LogP contribution is 2.28. The molecule has 0 radical (unpaired) electrons. The molecule has 1 aliphatic carbocycles. The first kappa shape index (κ1) is 17.0. The Morgan fingerprint density at radius 2 is 1.60 bits per heavy atom. The molecule has 0 saturated heterocycles. The Labute approximate surface area is 147 Å². The van der Waals surface area contributed by atoms with E-state index in [0.717, 1.165) is 18.4 Å². The zero-order valence-electron chi connectivity index (χ0n) is 13.9. The number of ether oxygens (including phenoxy) is 2. The summed E-state index contributed by atoms with van der Waals surface area (Å²) in [6.07, 6.45) is 1.35. The van der Waals surface area contributed by atoms with E-state index in [2.05, 4.69) is 5.32 Å². The van der Waals surface area contributed by atoms with Crippen molar-refractivity contribution in [3.05, 3.63) is 71.8 Å². The second-order valence-corrected chi connectivity index (χ2v) is 6.11. The second kappa shape index (κ2) is 8.33. The van der Waals surface area contributed by atoms with Crippen molar-refractivity contribution in [2.24, 2.45) is 5.92 Å². The summed E-state index contributed by atoms with van der Waals surface area (Å²) in [7, 11) is 0. The van der Waals surface area contributed by atoms with Crippen LogP contribution in [0.5, 0.6) is 0 Å². The number of nitrogens with one attached hydrogen (secondary N) is 1. The zero-order chi connectivity index (χ0) is 17.5. The smallest absolute Gasteiger partial charge is 0.407 e. The van der Waals surface area contributed by atoms with Crippen molar-refractivity contribution >= 4 is 12.1 Å². The van der Waals surface area contributed by atoms with Crippen LogP contribution in [0.2, 0.25) is 0 Å². The molecule has 0 unspecified atom stereocenters. The van der Waals surface area contributed by atoms with Gasteiger partial charge in [0, 0.05) is 12.0 Å². The molecule has 1 N–H and O–H groups in total. The molecule has 1 fully saturated rings. The Morgan fingerprint density at radius 3 is 2.24 bits per heavy atom. The summed E-state index contributed by atoms with van der Waals surface area (Å²) in [5.41, 5.74) is 1.48. The highest BCUT2D eigenvalue weighted by Gasteiger charge is 2.33. The van der Waals surface area contributed by atoms with Gasteiger partial charge in [-0.25, -0.2) is 9.59 Å². The quantitative estimate of drug-likeness (QED) is 0.818. The van der Waals surface area contributed by atoms with Gasteiger partial charge >= 0.3 is 12.1 Å². The van der Waals surface area contributed by atoms with Gasteiger partial charge in [0.15, 0.2) is 0 Å². The number of carbonyl (C=O) groups is 2. The molecule has 5 nitrogen and oxygen atoms in total. The second-order valence-electron chi connectivity index (χ2n) is 6.11. The summed E-state index contributed by atoms with van der Waals surface area (Å²) in [5, 5.41) is 2.85. The van der Waals surface area contributed by atoms with E-state index in [0.29, 0.717) is 12.2 Å². The number of hydrogen-bond acceptors (Lipinski definition) is 4. The van der Waals surface area contributed by atoms with Crippen molar-refractivity contribution in [1.82, 2.24) is 5.32 Å². The first-order chi connectivity index (χ1) is 12.2. The van der Waals surface area contributed by atoms with Crippen LogP contribution in [0.1, 0.15) is 28.8 Å². The summed E-state index contributed by atoms with van der Waals surface area (Å²) < 4.78 is 10.6. The summed E-state index contributed by atoms with van der Waals surface area (Å²) in [4.78, 5) is 23.8. The van der Waals surface area contributed by atoms with Crippen LogP contribution >= 0.6 is 0 Å². The van der Waals surface area contributed by atoms with Gasteiger partial charge in [-0.2, -0.15) is 0 Å². The number of hydrogen-bond donors (Lipinski definition) is 1. The van der Waals surface area contributed by atoms with Gasteiger partial charge in [-0.3, -0.25) is 0 Å². The molecule has 1 amide bonds. The molecule has 0 aliphatic heterocycles. The minimum Gasteiger partial charge on any atom is -0.462 e. The van der Waals surface area contributed by atoms with Crippen LogP contribution in [0.3, 0.4) is 0 Å². The van der Waals surface area contributed by atoms with Crippen molar-refractivity contribution in [3.8, 4) is 0 Å². The van der Waals surface area contributed by atoms with Crippen LogP contribution < -0.4 is 5.32 Å². The maximum absolute atomic E-state index is 11.9. The molecular weight excluding hydrogens is 318 g/mol. The van der Waals surface area contributed by atoms with Crippen LogP contribution in [0.4, 0.5) is 4.79 Å². The average molecular weight is 339 g/mol. The van der Waals surface area contributed by atoms with Crippen LogP contribution in [-0.4, -0.2) is 24.7 Å². The normalized spacial score (nSPS) is 18.7. The highest BCUT2D eigenvalue weighted by atomic mass is 16.5. The van der Waals surface area contributed by atoms with Gasteiger partial charge in [-0.1, -0.05) is 48.5 Å². The summed E-state index contributed by atoms with van der Waals surface area (Å²) in [5.74, 6) is -0.199. The van der Waals surface area contributed by atoms with Crippen LogP contribution in [0.25, 0.3) is 0 Å². The van der Waals surface area contributed by atoms with E-state index in [-0.39, 0.29) is 24.5 Å². The molecule has 1 aliphatic rings. The fourth-order valence-electron chi connectivity index (χ4n) is 2.71. The van der Waals surface area contributed by atoms with E-state index in [1.807, 2.05) is 36.4 Å². The van der Waals surface area contributed by atoms with E-state index >= 15 is 0 Å². The van der Waals surface area contributed by atoms with E-state index < -0.39 is 6.09 Å². The van der Waals surface area contributed by atoms with Gasteiger partial charge in [-0.05, 0) is 30.5 Å². The van der Waals surface area contributed by atoms with E-state index in [9.17, 15) is 9.59 Å². The lowest BCUT2D eigenvalue weighted by Crippen LogP contribution is -2.48. The monoisotopic (exact) mass is 339 g/mol. The van der Waals surface area contributed by atoms with E-state index in [4.69, 9.17) is 9.47 Å². The highest BCUT2D eigenvalue weighted by molar-refractivity contribution is 5.89. The van der Waals surface area contributed by atoms with Gasteiger partial charge in [0.1, 0.15) is 6.61 Å². The number of carbonyl (C=O) groups excluding carboxylic acids is 2. The molecular formula is C20H21NO4. The summed E-state index contributed by atoms with van der Waals surface area (Å²) in [6.45, 7) is 0.546. The Morgan fingerprint density at radius 1 is 0.920 bits per heavy atom. The summed E-state index contributed by atoms with van der Waals surface area (Å²) in [6, 6.07) is 18.4. The van der Waals surface area contributed by atoms with Gasteiger partial charge in [-0.15, -0.1) is 0 Å². The number of esters is 1. The molecule has 130 valence electrons. The molecule has 2 atom stereocenters. The molecule has 2 aromatic rings. The third kappa shape index (κ3) is 4.83. The Hall–Kier alpha value is -2.82. The van der Waals surface area contributed by atoms with E-state index in [1.165, 1.54) is 0 Å². The number of amides is 1. The lowest BCUT2D eigenvalue weighted by molar-refractivity contribution is 0.0298. The van der Waals surface area contributed by atoms with Crippen molar-refractivity contribution in [3.63, 3.8) is 0 Å². The summed E-state index contributed by atoms with van der Waals surface area (Å²) >= 11 is 0. The Bertz CT molecular complexity index is 702. The standard InChI is InChI=1S/C20H21NO4/c22-19(16-9-5-2-6-10-16)24-14-17-11-12-18(17)21-20(23)25-13-15-7-3-1-4-8-15/h1-10,17-18H,11-14H2,(H,21,23)/t17-,18-/m0/s1. The van der Waals surface area contributed by atoms with Gasteiger partial charge in [0.05, 0.1) is 12.2 Å². The molecule has 0 aromatic heterocycles. The first-order valence-electron chi connectivity index (χ1n) is 8.42. The van der Waals surface area contributed by atoms with Crippen molar-refractivity contribution in [2.75, 3.05) is 6.61 Å². The lowest BCUT2D eigenvalue weighted by atomic mass is 9.80. The molecule has 0 heterocycles. The topological polar surface area (TPSA) is 64.6 Å². The molecule has 0 spiro atoms. The van der Waals surface area contributed by atoms with Crippen molar-refractivity contribution in [1.29, 1.82) is 0 Å². The Kier molecular flexibility index (Phi) is 5.67. The van der Waals surface area contributed by atoms with E-state index in [1.54, 1.807) is 24.3 Å². The van der Waals surface area contributed by atoms with Crippen molar-refractivity contribution in [2.45, 2.75) is 25.5 Å². The molecule has 5 heteroatoms. The average Bonchev–Trinajstić information content (AvgIpc) is 2.65. The Balaban J connectivity index is 1.39. The largest absolute Gasteiger partial charge is 0.462 e. The minimum absolute atomic E-state index is 0.00755. The molecule has 0 bridgehead atoms. The van der Waals surface area contributed by atoms with Gasteiger partial charge in [0.2, 0.25) is 0 Å². The SMILES string of the molecule is O=C(N[C@H]1CC[C@H]1COC(=O)c1ccccc1)OCc1ccccc1. The number of rotatable bonds is 6. The fourth-order valence-corrected chi connectivity index (χ4v) is 2.71. The third-order valence-electron chi connectivity index (χ3n) is 4.37. The number of alkyl carbamates (subject to hydrolysis) is 1. The predicted molar refractivity (Wildman–Crippen MR) is 93.0 cm³/mol. The third-order valence-corrected chi connectivity index (χ3v) is 4.37. The van der Waals surface area contributed by atoms with Gasteiger partial charge < -0.3 is 14.8 Å². The minimum atomic E-state index is -0.437. The maximum Gasteiger partial charge on any atom is 0.407 e. The lowest BCUT2D eigenvalue weighted by Gasteiger charge is -2.36. The molecule has 1 saturated carbocycles. The molecule has 2 aromatic carbocycles. The van der Waals surface area contributed by atoms with Crippen LogP contribution in [0.15, 0.2) is 60.7 Å². The number of benzene rings is 2. The molecule has 3 rings (SSSR count). The van der Waals surface area contributed by atoms with Crippen LogP contribution in [-0.2, 0) is 16.1 Å². The maximum atomic E-state index is 11.9. The van der Waals surface area contributed by atoms with Crippen LogP contribution in [0, 0.1) is 5.92 Å². The molecule has 25 heavy (non-hydrogen) atoms. The zero-order valence-corrected chi connectivity index (χ0v) is 13.9.